The first-order chi connectivity index (χ1) is 7.95. The van der Waals surface area contributed by atoms with Crippen molar-refractivity contribution in [1.82, 2.24) is 0 Å². The van der Waals surface area contributed by atoms with E-state index in [9.17, 15) is 9.59 Å². The van der Waals surface area contributed by atoms with Crippen molar-refractivity contribution in [1.29, 1.82) is 0 Å². The van der Waals surface area contributed by atoms with E-state index in [-0.39, 0.29) is 5.92 Å². The van der Waals surface area contributed by atoms with Crippen molar-refractivity contribution in [2.75, 3.05) is 0 Å². The predicted octanol–water partition coefficient (Wildman–Crippen LogP) is 3.94. The lowest BCUT2D eigenvalue weighted by atomic mass is 9.95. The van der Waals surface area contributed by atoms with Crippen molar-refractivity contribution < 1.29 is 9.59 Å². The van der Waals surface area contributed by atoms with Gasteiger partial charge in [0.25, 0.3) is 0 Å². The molecule has 0 heterocycles. The maximum Gasteiger partial charge on any atom is 0.133 e. The van der Waals surface area contributed by atoms with Gasteiger partial charge in [-0.3, -0.25) is 4.79 Å². The molecule has 0 saturated heterocycles. The van der Waals surface area contributed by atoms with Crippen molar-refractivity contribution in [2.45, 2.75) is 59.8 Å². The summed E-state index contributed by atoms with van der Waals surface area (Å²) >= 11 is 0. The summed E-state index contributed by atoms with van der Waals surface area (Å²) in [4.78, 5) is 22.1. The average molecular weight is 238 g/mol. The van der Waals surface area contributed by atoms with E-state index in [2.05, 4.69) is 26.8 Å². The van der Waals surface area contributed by atoms with E-state index in [1.165, 1.54) is 5.57 Å². The molecule has 17 heavy (non-hydrogen) atoms. The van der Waals surface area contributed by atoms with E-state index >= 15 is 0 Å². The second-order valence-corrected chi connectivity index (χ2v) is 5.36. The summed E-state index contributed by atoms with van der Waals surface area (Å²) in [6, 6.07) is 0. The highest BCUT2D eigenvalue weighted by Crippen LogP contribution is 2.14. The third-order valence-corrected chi connectivity index (χ3v) is 2.90. The topological polar surface area (TPSA) is 34.1 Å². The number of Topliss-reactive ketones (excluding diaryl/α,β-unsaturated/α-hetero) is 1. The predicted molar refractivity (Wildman–Crippen MR) is 71.9 cm³/mol. The van der Waals surface area contributed by atoms with Gasteiger partial charge in [-0.2, -0.15) is 0 Å². The summed E-state index contributed by atoms with van der Waals surface area (Å²) in [5, 5.41) is 0. The van der Waals surface area contributed by atoms with Crippen LogP contribution in [0.1, 0.15) is 59.8 Å². The van der Waals surface area contributed by atoms with Gasteiger partial charge in [0.1, 0.15) is 12.1 Å². The quantitative estimate of drug-likeness (QED) is 0.450. The summed E-state index contributed by atoms with van der Waals surface area (Å²) < 4.78 is 0. The summed E-state index contributed by atoms with van der Waals surface area (Å²) in [5.41, 5.74) is 1.34. The maximum atomic E-state index is 11.6. The van der Waals surface area contributed by atoms with Crippen LogP contribution in [0.15, 0.2) is 11.6 Å². The van der Waals surface area contributed by atoms with Crippen LogP contribution in [-0.2, 0) is 9.59 Å². The smallest absolute Gasteiger partial charge is 0.133 e. The largest absolute Gasteiger partial charge is 0.303 e. The molecule has 0 saturated carbocycles. The van der Waals surface area contributed by atoms with Crippen LogP contribution >= 0.6 is 0 Å². The van der Waals surface area contributed by atoms with Crippen molar-refractivity contribution >= 4 is 12.1 Å². The van der Waals surface area contributed by atoms with Crippen molar-refractivity contribution in [3.63, 3.8) is 0 Å². The Morgan fingerprint density at radius 3 is 2.35 bits per heavy atom. The molecular formula is C15H26O2. The summed E-state index contributed by atoms with van der Waals surface area (Å²) in [7, 11) is 0. The Morgan fingerprint density at radius 2 is 1.82 bits per heavy atom. The number of aldehydes is 1. The molecule has 0 bridgehead atoms. The minimum atomic E-state index is 0.0138. The van der Waals surface area contributed by atoms with Crippen LogP contribution < -0.4 is 0 Å². The second kappa shape index (κ2) is 9.15. The highest BCUT2D eigenvalue weighted by molar-refractivity contribution is 5.78. The van der Waals surface area contributed by atoms with Gasteiger partial charge < -0.3 is 4.79 Å². The zero-order chi connectivity index (χ0) is 13.3. The first-order valence-corrected chi connectivity index (χ1v) is 6.56. The molecule has 0 aliphatic carbocycles. The second-order valence-electron chi connectivity index (χ2n) is 5.36. The van der Waals surface area contributed by atoms with Crippen LogP contribution in [0, 0.1) is 11.8 Å². The number of hydrogen-bond donors (Lipinski definition) is 0. The van der Waals surface area contributed by atoms with E-state index in [1.54, 1.807) is 0 Å². The molecule has 0 amide bonds. The van der Waals surface area contributed by atoms with Gasteiger partial charge in [-0.1, -0.05) is 25.5 Å². The molecule has 2 nitrogen and oxygen atoms in total. The van der Waals surface area contributed by atoms with Gasteiger partial charge in [0.05, 0.1) is 0 Å². The Morgan fingerprint density at radius 1 is 1.18 bits per heavy atom. The molecule has 2 atom stereocenters. The molecule has 0 fully saturated rings. The zero-order valence-electron chi connectivity index (χ0n) is 11.7. The molecule has 0 aromatic carbocycles. The molecular weight excluding hydrogens is 212 g/mol. The van der Waals surface area contributed by atoms with Crippen LogP contribution in [0.3, 0.4) is 0 Å². The van der Waals surface area contributed by atoms with Gasteiger partial charge in [-0.25, -0.2) is 0 Å². The SMILES string of the molecule is CC(C)=CCC[C@@H](C)CC(=O)CCC(C)C=O. The van der Waals surface area contributed by atoms with E-state index in [4.69, 9.17) is 0 Å². The standard InChI is InChI=1S/C15H26O2/c1-12(2)6-5-7-13(3)10-15(17)9-8-14(4)11-16/h6,11,13-14H,5,7-10H2,1-4H3/t13-,14?/m1/s1. The highest BCUT2D eigenvalue weighted by atomic mass is 16.1. The fourth-order valence-electron chi connectivity index (χ4n) is 1.71. The van der Waals surface area contributed by atoms with Crippen LogP contribution in [0.2, 0.25) is 0 Å². The van der Waals surface area contributed by atoms with E-state index in [1.807, 2.05) is 6.92 Å². The van der Waals surface area contributed by atoms with Crippen LogP contribution in [0.25, 0.3) is 0 Å². The number of carbonyl (C=O) groups is 2. The van der Waals surface area contributed by atoms with Crippen LogP contribution in [0.4, 0.5) is 0 Å². The molecule has 98 valence electrons. The fraction of sp³-hybridized carbons (Fsp3) is 0.733. The Bertz CT molecular complexity index is 262. The number of hydrogen-bond acceptors (Lipinski definition) is 2. The van der Waals surface area contributed by atoms with E-state index < -0.39 is 0 Å². The highest BCUT2D eigenvalue weighted by Gasteiger charge is 2.10. The number of rotatable bonds is 9. The third kappa shape index (κ3) is 9.98. The normalized spacial score (nSPS) is 13.9. The van der Waals surface area contributed by atoms with Crippen LogP contribution in [-0.4, -0.2) is 12.1 Å². The Labute approximate surface area is 105 Å². The summed E-state index contributed by atoms with van der Waals surface area (Å²) in [5.74, 6) is 0.757. The summed E-state index contributed by atoms with van der Waals surface area (Å²) in [6.07, 6.45) is 7.17. The molecule has 0 N–H and O–H groups in total. The monoisotopic (exact) mass is 238 g/mol. The number of ketones is 1. The van der Waals surface area contributed by atoms with E-state index in [0.29, 0.717) is 31.0 Å². The van der Waals surface area contributed by atoms with Crippen molar-refractivity contribution in [3.05, 3.63) is 11.6 Å². The Balaban J connectivity index is 3.72. The van der Waals surface area contributed by atoms with Gasteiger partial charge in [-0.05, 0) is 39.0 Å². The summed E-state index contributed by atoms with van der Waals surface area (Å²) in [6.45, 7) is 8.17. The van der Waals surface area contributed by atoms with Gasteiger partial charge in [0, 0.05) is 18.8 Å². The minimum absolute atomic E-state index is 0.0138. The molecule has 0 aliphatic rings. The number of allylic oxidation sites excluding steroid dienone is 2. The number of carbonyl (C=O) groups excluding carboxylic acids is 2. The van der Waals surface area contributed by atoms with Gasteiger partial charge >= 0.3 is 0 Å². The lowest BCUT2D eigenvalue weighted by molar-refractivity contribution is -0.120. The average Bonchev–Trinajstić information content (AvgIpc) is 2.25. The van der Waals surface area contributed by atoms with Crippen molar-refractivity contribution in [3.8, 4) is 0 Å². The van der Waals surface area contributed by atoms with E-state index in [0.717, 1.165) is 19.1 Å². The third-order valence-electron chi connectivity index (χ3n) is 2.90. The minimum Gasteiger partial charge on any atom is -0.303 e. The lowest BCUT2D eigenvalue weighted by Crippen LogP contribution is -2.07. The maximum absolute atomic E-state index is 11.6. The fourth-order valence-corrected chi connectivity index (χ4v) is 1.71. The lowest BCUT2D eigenvalue weighted by Gasteiger charge is -2.09. The van der Waals surface area contributed by atoms with Crippen LogP contribution in [0.5, 0.6) is 0 Å². The Kier molecular flexibility index (Phi) is 8.65. The first-order valence-electron chi connectivity index (χ1n) is 6.56. The molecule has 0 spiro atoms. The van der Waals surface area contributed by atoms with Crippen molar-refractivity contribution in [2.24, 2.45) is 11.8 Å². The molecule has 0 radical (unpaired) electrons. The molecule has 0 aliphatic heterocycles. The zero-order valence-corrected chi connectivity index (χ0v) is 11.7. The molecule has 1 unspecified atom stereocenters. The molecule has 0 aromatic rings. The van der Waals surface area contributed by atoms with Gasteiger partial charge in [0.2, 0.25) is 0 Å². The first kappa shape index (κ1) is 16.1. The van der Waals surface area contributed by atoms with Gasteiger partial charge in [-0.15, -0.1) is 0 Å². The van der Waals surface area contributed by atoms with Gasteiger partial charge in [0.15, 0.2) is 0 Å². The molecule has 2 heteroatoms. The molecule has 0 rings (SSSR count). The Hall–Kier alpha value is -0.920. The molecule has 0 aromatic heterocycles.